The van der Waals surface area contributed by atoms with Crippen LogP contribution in [0.25, 0.3) is 0 Å². The van der Waals surface area contributed by atoms with Crippen LogP contribution in [0.1, 0.15) is 25.6 Å². The molecule has 0 aliphatic heterocycles. The third-order valence-electron chi connectivity index (χ3n) is 2.71. The summed E-state index contributed by atoms with van der Waals surface area (Å²) in [5.74, 6) is 1.64. The molecule has 106 valence electrons. The van der Waals surface area contributed by atoms with E-state index in [1.54, 1.807) is 12.3 Å². The summed E-state index contributed by atoms with van der Waals surface area (Å²) >= 11 is 0. The van der Waals surface area contributed by atoms with Gasteiger partial charge in [-0.15, -0.1) is 0 Å². The highest BCUT2D eigenvalue weighted by molar-refractivity contribution is 5.55. The Morgan fingerprint density at radius 2 is 2.20 bits per heavy atom. The SMILES string of the molecule is CCNc1cc([N+](=O)[O-])cc(NC(C)c2ccco2)n1. The van der Waals surface area contributed by atoms with Crippen molar-refractivity contribution in [1.29, 1.82) is 0 Å². The molecule has 20 heavy (non-hydrogen) atoms. The van der Waals surface area contributed by atoms with Crippen molar-refractivity contribution in [3.05, 3.63) is 46.4 Å². The van der Waals surface area contributed by atoms with Crippen molar-refractivity contribution in [3.8, 4) is 0 Å². The molecule has 0 aliphatic rings. The lowest BCUT2D eigenvalue weighted by Gasteiger charge is -2.13. The molecule has 1 atom stereocenters. The van der Waals surface area contributed by atoms with E-state index in [1.807, 2.05) is 19.9 Å². The molecule has 2 rings (SSSR count). The fourth-order valence-electron chi connectivity index (χ4n) is 1.80. The number of nitrogens with one attached hydrogen (secondary N) is 2. The standard InChI is InChI=1S/C13H16N4O3/c1-3-14-12-7-10(17(18)19)8-13(16-12)15-9(2)11-5-4-6-20-11/h4-9H,3H2,1-2H3,(H2,14,15,16). The number of hydrogen-bond acceptors (Lipinski definition) is 6. The molecular weight excluding hydrogens is 260 g/mol. The lowest BCUT2D eigenvalue weighted by atomic mass is 10.2. The summed E-state index contributed by atoms with van der Waals surface area (Å²) in [5, 5.41) is 17.0. The van der Waals surface area contributed by atoms with Crippen LogP contribution in [0.2, 0.25) is 0 Å². The fourth-order valence-corrected chi connectivity index (χ4v) is 1.80. The van der Waals surface area contributed by atoms with E-state index in [2.05, 4.69) is 15.6 Å². The third kappa shape index (κ3) is 3.25. The molecule has 0 bridgehead atoms. The summed E-state index contributed by atoms with van der Waals surface area (Å²) in [4.78, 5) is 14.8. The van der Waals surface area contributed by atoms with Crippen LogP contribution in [0, 0.1) is 10.1 Å². The number of aromatic nitrogens is 1. The van der Waals surface area contributed by atoms with Crippen molar-refractivity contribution in [2.75, 3.05) is 17.2 Å². The fraction of sp³-hybridized carbons (Fsp3) is 0.308. The minimum absolute atomic E-state index is 0.00917. The Balaban J connectivity index is 2.23. The average molecular weight is 276 g/mol. The first-order valence-electron chi connectivity index (χ1n) is 6.30. The minimum Gasteiger partial charge on any atom is -0.467 e. The van der Waals surface area contributed by atoms with Crippen molar-refractivity contribution < 1.29 is 9.34 Å². The highest BCUT2D eigenvalue weighted by Gasteiger charge is 2.14. The van der Waals surface area contributed by atoms with E-state index in [0.717, 1.165) is 5.76 Å². The molecule has 0 amide bonds. The number of nitro groups is 1. The van der Waals surface area contributed by atoms with E-state index in [4.69, 9.17) is 4.42 Å². The summed E-state index contributed by atoms with van der Waals surface area (Å²) in [6, 6.07) is 6.31. The zero-order valence-electron chi connectivity index (χ0n) is 11.3. The van der Waals surface area contributed by atoms with Gasteiger partial charge in [-0.2, -0.15) is 0 Å². The van der Waals surface area contributed by atoms with Crippen LogP contribution in [0.5, 0.6) is 0 Å². The Morgan fingerprint density at radius 3 is 2.80 bits per heavy atom. The maximum atomic E-state index is 10.9. The Kier molecular flexibility index (Phi) is 4.19. The molecule has 1 unspecified atom stereocenters. The van der Waals surface area contributed by atoms with Gasteiger partial charge in [-0.05, 0) is 26.0 Å². The normalized spacial score (nSPS) is 11.9. The van der Waals surface area contributed by atoms with Crippen LogP contribution < -0.4 is 10.6 Å². The number of furan rings is 1. The number of pyridine rings is 1. The third-order valence-corrected chi connectivity index (χ3v) is 2.71. The summed E-state index contributed by atoms with van der Waals surface area (Å²) in [7, 11) is 0. The summed E-state index contributed by atoms with van der Waals surface area (Å²) in [6.45, 7) is 4.44. The van der Waals surface area contributed by atoms with E-state index in [9.17, 15) is 10.1 Å². The van der Waals surface area contributed by atoms with Crippen LogP contribution in [-0.2, 0) is 0 Å². The van der Waals surface area contributed by atoms with Crippen LogP contribution in [-0.4, -0.2) is 16.5 Å². The van der Waals surface area contributed by atoms with Crippen molar-refractivity contribution in [1.82, 2.24) is 4.98 Å². The van der Waals surface area contributed by atoms with Gasteiger partial charge in [0.25, 0.3) is 5.69 Å². The van der Waals surface area contributed by atoms with E-state index in [0.29, 0.717) is 18.2 Å². The van der Waals surface area contributed by atoms with Crippen molar-refractivity contribution >= 4 is 17.3 Å². The molecule has 0 saturated carbocycles. The van der Waals surface area contributed by atoms with Gasteiger partial charge in [0.05, 0.1) is 29.4 Å². The smallest absolute Gasteiger partial charge is 0.276 e. The second-order valence-electron chi connectivity index (χ2n) is 4.26. The molecule has 2 aromatic heterocycles. The van der Waals surface area contributed by atoms with Gasteiger partial charge in [-0.1, -0.05) is 0 Å². The Morgan fingerprint density at radius 1 is 1.45 bits per heavy atom. The lowest BCUT2D eigenvalue weighted by Crippen LogP contribution is -2.09. The summed E-state index contributed by atoms with van der Waals surface area (Å²) < 4.78 is 5.28. The van der Waals surface area contributed by atoms with Gasteiger partial charge < -0.3 is 15.1 Å². The first-order valence-corrected chi connectivity index (χ1v) is 6.30. The van der Waals surface area contributed by atoms with E-state index in [-0.39, 0.29) is 11.7 Å². The Hall–Kier alpha value is -2.57. The van der Waals surface area contributed by atoms with Gasteiger partial charge in [0.2, 0.25) is 0 Å². The van der Waals surface area contributed by atoms with Gasteiger partial charge in [0.15, 0.2) is 0 Å². The molecule has 2 aromatic rings. The molecule has 0 saturated heterocycles. The summed E-state index contributed by atoms with van der Waals surface area (Å²) in [6.07, 6.45) is 1.58. The molecular formula is C13H16N4O3. The van der Waals surface area contributed by atoms with Crippen molar-refractivity contribution in [3.63, 3.8) is 0 Å². The minimum atomic E-state index is -0.439. The highest BCUT2D eigenvalue weighted by atomic mass is 16.6. The van der Waals surface area contributed by atoms with Gasteiger partial charge in [-0.3, -0.25) is 10.1 Å². The molecule has 2 N–H and O–H groups in total. The molecule has 0 radical (unpaired) electrons. The maximum Gasteiger partial charge on any atom is 0.276 e. The zero-order valence-corrected chi connectivity index (χ0v) is 11.3. The molecule has 0 fully saturated rings. The number of rotatable bonds is 6. The molecule has 7 heteroatoms. The monoisotopic (exact) mass is 276 g/mol. The van der Waals surface area contributed by atoms with E-state index < -0.39 is 4.92 Å². The van der Waals surface area contributed by atoms with Gasteiger partial charge in [0.1, 0.15) is 17.4 Å². The van der Waals surface area contributed by atoms with Gasteiger partial charge in [0, 0.05) is 6.54 Å². The first-order chi connectivity index (χ1) is 9.60. The quantitative estimate of drug-likeness (QED) is 0.621. The van der Waals surface area contributed by atoms with E-state index >= 15 is 0 Å². The lowest BCUT2D eigenvalue weighted by molar-refractivity contribution is -0.384. The van der Waals surface area contributed by atoms with Crippen LogP contribution in [0.3, 0.4) is 0 Å². The largest absolute Gasteiger partial charge is 0.467 e. The second kappa shape index (κ2) is 6.05. The Bertz CT molecular complexity index is 583. The molecule has 0 aliphatic carbocycles. The van der Waals surface area contributed by atoms with Crippen molar-refractivity contribution in [2.45, 2.75) is 19.9 Å². The number of hydrogen-bond donors (Lipinski definition) is 2. The zero-order chi connectivity index (χ0) is 14.5. The van der Waals surface area contributed by atoms with Crippen LogP contribution in [0.15, 0.2) is 34.9 Å². The average Bonchev–Trinajstić information content (AvgIpc) is 2.92. The molecule has 2 heterocycles. The topological polar surface area (TPSA) is 93.2 Å². The van der Waals surface area contributed by atoms with Gasteiger partial charge in [-0.25, -0.2) is 4.98 Å². The first kappa shape index (κ1) is 13.9. The van der Waals surface area contributed by atoms with E-state index in [1.165, 1.54) is 12.1 Å². The second-order valence-corrected chi connectivity index (χ2v) is 4.26. The maximum absolute atomic E-state index is 10.9. The molecule has 0 aromatic carbocycles. The predicted octanol–water partition coefficient (Wildman–Crippen LogP) is 3.19. The number of nitrogens with zero attached hydrogens (tertiary/aromatic N) is 2. The van der Waals surface area contributed by atoms with Gasteiger partial charge >= 0.3 is 0 Å². The number of anilines is 2. The highest BCUT2D eigenvalue weighted by Crippen LogP contribution is 2.24. The summed E-state index contributed by atoms with van der Waals surface area (Å²) in [5.41, 5.74) is -0.00917. The van der Waals surface area contributed by atoms with Crippen LogP contribution >= 0.6 is 0 Å². The van der Waals surface area contributed by atoms with Crippen LogP contribution in [0.4, 0.5) is 17.3 Å². The van der Waals surface area contributed by atoms with Crippen molar-refractivity contribution in [2.24, 2.45) is 0 Å². The molecule has 0 spiro atoms. The molecule has 7 nitrogen and oxygen atoms in total. The predicted molar refractivity (Wildman–Crippen MR) is 75.8 cm³/mol. The Labute approximate surface area is 116 Å².